The summed E-state index contributed by atoms with van der Waals surface area (Å²) < 4.78 is 5.14. The average Bonchev–Trinajstić information content (AvgIpc) is 3.10. The molecule has 31 heavy (non-hydrogen) atoms. The maximum atomic E-state index is 12.4. The molecule has 3 rings (SSSR count). The first-order valence-electron chi connectivity index (χ1n) is 10.3. The van der Waals surface area contributed by atoms with Gasteiger partial charge in [0.15, 0.2) is 6.61 Å². The highest BCUT2D eigenvalue weighted by atomic mass is 16.5. The number of nitrogens with zero attached hydrogens (tertiary/aromatic N) is 1. The van der Waals surface area contributed by atoms with Crippen LogP contribution >= 0.6 is 0 Å². The van der Waals surface area contributed by atoms with Crippen molar-refractivity contribution in [3.05, 3.63) is 65.7 Å². The Balaban J connectivity index is 1.56. The number of nitrogens with one attached hydrogen (secondary N) is 1. The zero-order valence-electron chi connectivity index (χ0n) is 17.7. The Bertz CT molecular complexity index is 938. The van der Waals surface area contributed by atoms with Gasteiger partial charge in [0.25, 0.3) is 5.91 Å². The molecule has 1 aliphatic rings. The summed E-state index contributed by atoms with van der Waals surface area (Å²) in [6.07, 6.45) is 1.15. The van der Waals surface area contributed by atoms with Crippen molar-refractivity contribution in [1.82, 2.24) is 5.32 Å². The molecular formula is C24H26N2O5. The van der Waals surface area contributed by atoms with Crippen molar-refractivity contribution >= 4 is 29.4 Å². The van der Waals surface area contributed by atoms with Gasteiger partial charge in [0.2, 0.25) is 11.8 Å². The van der Waals surface area contributed by atoms with Gasteiger partial charge in [0.1, 0.15) is 0 Å². The summed E-state index contributed by atoms with van der Waals surface area (Å²) in [5.41, 5.74) is 1.65. The number of imide groups is 1. The lowest BCUT2D eigenvalue weighted by Gasteiger charge is -2.21. The molecule has 162 valence electrons. The van der Waals surface area contributed by atoms with Crippen LogP contribution in [0.3, 0.4) is 0 Å². The second-order valence-corrected chi connectivity index (χ2v) is 7.91. The number of carbonyl (C=O) groups excluding carboxylic acids is 4. The first kappa shape index (κ1) is 22.2. The molecule has 7 nitrogen and oxygen atoms in total. The summed E-state index contributed by atoms with van der Waals surface area (Å²) in [6.45, 7) is 3.76. The Morgan fingerprint density at radius 2 is 1.58 bits per heavy atom. The van der Waals surface area contributed by atoms with Crippen molar-refractivity contribution < 1.29 is 23.9 Å². The van der Waals surface area contributed by atoms with Gasteiger partial charge in [-0.25, -0.2) is 4.79 Å². The Morgan fingerprint density at radius 3 is 2.16 bits per heavy atom. The SMILES string of the molecule is CC(C)C[C@@H](NC(=O)COC(=O)c1ccc(N2C(=O)CCC2=O)cc1)c1ccccc1. The molecule has 7 heteroatoms. The van der Waals surface area contributed by atoms with E-state index in [1.807, 2.05) is 30.3 Å². The number of anilines is 1. The van der Waals surface area contributed by atoms with E-state index in [9.17, 15) is 19.2 Å². The molecule has 3 amide bonds. The van der Waals surface area contributed by atoms with Crippen molar-refractivity contribution in [1.29, 1.82) is 0 Å². The van der Waals surface area contributed by atoms with Gasteiger partial charge in [0.05, 0.1) is 17.3 Å². The number of hydrogen-bond donors (Lipinski definition) is 1. The minimum absolute atomic E-state index is 0.165. The third kappa shape index (κ3) is 5.78. The largest absolute Gasteiger partial charge is 0.452 e. The summed E-state index contributed by atoms with van der Waals surface area (Å²) >= 11 is 0. The fourth-order valence-corrected chi connectivity index (χ4v) is 3.50. The van der Waals surface area contributed by atoms with Crippen LogP contribution in [0.25, 0.3) is 0 Å². The molecule has 0 spiro atoms. The lowest BCUT2D eigenvalue weighted by atomic mass is 9.97. The predicted octanol–water partition coefficient (Wildman–Crippen LogP) is 3.40. The first-order valence-corrected chi connectivity index (χ1v) is 10.3. The van der Waals surface area contributed by atoms with E-state index in [2.05, 4.69) is 19.2 Å². The van der Waals surface area contributed by atoms with E-state index < -0.39 is 12.6 Å². The second-order valence-electron chi connectivity index (χ2n) is 7.91. The molecule has 0 aliphatic carbocycles. The normalized spacial score (nSPS) is 14.6. The summed E-state index contributed by atoms with van der Waals surface area (Å²) in [6, 6.07) is 15.5. The Hall–Kier alpha value is -3.48. The number of carbonyl (C=O) groups is 4. The van der Waals surface area contributed by atoms with Gasteiger partial charge in [-0.3, -0.25) is 19.3 Å². The highest BCUT2D eigenvalue weighted by molar-refractivity contribution is 6.19. The maximum Gasteiger partial charge on any atom is 0.338 e. The molecule has 0 unspecified atom stereocenters. The minimum Gasteiger partial charge on any atom is -0.452 e. The monoisotopic (exact) mass is 422 g/mol. The number of benzene rings is 2. The predicted molar refractivity (Wildman–Crippen MR) is 115 cm³/mol. The van der Waals surface area contributed by atoms with E-state index in [4.69, 9.17) is 4.74 Å². The maximum absolute atomic E-state index is 12.4. The lowest BCUT2D eigenvalue weighted by Crippen LogP contribution is -2.33. The van der Waals surface area contributed by atoms with Crippen molar-refractivity contribution in [2.45, 2.75) is 39.2 Å². The quantitative estimate of drug-likeness (QED) is 0.520. The number of amides is 3. The molecule has 1 heterocycles. The fraction of sp³-hybridized carbons (Fsp3) is 0.333. The van der Waals surface area contributed by atoms with E-state index >= 15 is 0 Å². The van der Waals surface area contributed by atoms with Gasteiger partial charge in [-0.15, -0.1) is 0 Å². The smallest absolute Gasteiger partial charge is 0.338 e. The zero-order valence-corrected chi connectivity index (χ0v) is 17.7. The third-order valence-electron chi connectivity index (χ3n) is 4.99. The van der Waals surface area contributed by atoms with Gasteiger partial charge in [0, 0.05) is 12.8 Å². The van der Waals surface area contributed by atoms with Crippen molar-refractivity contribution in [3.8, 4) is 0 Å². The van der Waals surface area contributed by atoms with Crippen molar-refractivity contribution in [3.63, 3.8) is 0 Å². The van der Waals surface area contributed by atoms with E-state index in [0.717, 1.165) is 16.9 Å². The zero-order chi connectivity index (χ0) is 22.4. The molecule has 2 aromatic rings. The van der Waals surface area contributed by atoms with Gasteiger partial charge in [-0.05, 0) is 42.2 Å². The van der Waals surface area contributed by atoms with Gasteiger partial charge < -0.3 is 10.1 Å². The van der Waals surface area contributed by atoms with Crippen LogP contribution in [0.5, 0.6) is 0 Å². The van der Waals surface area contributed by atoms with Crippen LogP contribution in [0.15, 0.2) is 54.6 Å². The third-order valence-corrected chi connectivity index (χ3v) is 4.99. The molecule has 0 radical (unpaired) electrons. The molecule has 2 aromatic carbocycles. The van der Waals surface area contributed by atoms with Crippen LogP contribution < -0.4 is 10.2 Å². The summed E-state index contributed by atoms with van der Waals surface area (Å²) in [4.78, 5) is 49.4. The van der Waals surface area contributed by atoms with Crippen LogP contribution in [-0.4, -0.2) is 30.3 Å². The molecule has 1 N–H and O–H groups in total. The highest BCUT2D eigenvalue weighted by Crippen LogP contribution is 2.23. The molecule has 1 saturated heterocycles. The lowest BCUT2D eigenvalue weighted by molar-refractivity contribution is -0.125. The molecule has 0 saturated carbocycles. The van der Waals surface area contributed by atoms with Crippen LogP contribution in [0.2, 0.25) is 0 Å². The Kier molecular flexibility index (Phi) is 7.18. The summed E-state index contributed by atoms with van der Waals surface area (Å²) in [5, 5.41) is 2.93. The van der Waals surface area contributed by atoms with Crippen LogP contribution in [-0.2, 0) is 19.1 Å². The molecular weight excluding hydrogens is 396 g/mol. The molecule has 1 atom stereocenters. The molecule has 0 aromatic heterocycles. The molecule has 1 fully saturated rings. The van der Waals surface area contributed by atoms with Crippen LogP contribution in [0.4, 0.5) is 5.69 Å². The number of esters is 1. The molecule has 0 bridgehead atoms. The number of hydrogen-bond acceptors (Lipinski definition) is 5. The van der Waals surface area contributed by atoms with Crippen molar-refractivity contribution in [2.75, 3.05) is 11.5 Å². The van der Waals surface area contributed by atoms with E-state index in [-0.39, 0.29) is 42.2 Å². The van der Waals surface area contributed by atoms with Gasteiger partial charge >= 0.3 is 5.97 Å². The van der Waals surface area contributed by atoms with Crippen molar-refractivity contribution in [2.24, 2.45) is 5.92 Å². The summed E-state index contributed by atoms with van der Waals surface area (Å²) in [7, 11) is 0. The van der Waals surface area contributed by atoms with E-state index in [1.165, 1.54) is 24.3 Å². The van der Waals surface area contributed by atoms with Crippen LogP contribution in [0.1, 0.15) is 55.1 Å². The molecule has 1 aliphatic heterocycles. The average molecular weight is 422 g/mol. The summed E-state index contributed by atoms with van der Waals surface area (Å²) in [5.74, 6) is -1.17. The van der Waals surface area contributed by atoms with E-state index in [0.29, 0.717) is 11.6 Å². The first-order chi connectivity index (χ1) is 14.8. The Labute approximate surface area is 181 Å². The van der Waals surface area contributed by atoms with Gasteiger partial charge in [-0.1, -0.05) is 44.2 Å². The minimum atomic E-state index is -0.652. The number of rotatable bonds is 8. The topological polar surface area (TPSA) is 92.8 Å². The Morgan fingerprint density at radius 1 is 0.968 bits per heavy atom. The second kappa shape index (κ2) is 10.0. The van der Waals surface area contributed by atoms with E-state index in [1.54, 1.807) is 0 Å². The van der Waals surface area contributed by atoms with Gasteiger partial charge in [-0.2, -0.15) is 0 Å². The fourth-order valence-electron chi connectivity index (χ4n) is 3.50. The standard InChI is InChI=1S/C24H26N2O5/c1-16(2)14-20(17-6-4-3-5-7-17)25-21(27)15-31-24(30)18-8-10-19(11-9-18)26-22(28)12-13-23(26)29/h3-11,16,20H,12-15H2,1-2H3,(H,25,27)/t20-/m1/s1. The number of ether oxygens (including phenoxy) is 1. The highest BCUT2D eigenvalue weighted by Gasteiger charge is 2.30. The van der Waals surface area contributed by atoms with Crippen LogP contribution in [0, 0.1) is 5.92 Å².